The highest BCUT2D eigenvalue weighted by Crippen LogP contribution is 2.15. The maximum Gasteiger partial charge on any atom is 0.0524 e. The molecule has 15 heavy (non-hydrogen) atoms. The fourth-order valence-corrected chi connectivity index (χ4v) is 2.08. The molecule has 1 aromatic heterocycles. The standard InChI is InChI=1S/C12H21N3/c1-10(2)12-8-14-15(9-12)6-4-11-3-5-13-7-11/h8-11,13H,3-7H2,1-2H3. The first kappa shape index (κ1) is 10.7. The molecule has 1 aromatic rings. The zero-order chi connectivity index (χ0) is 10.7. The van der Waals surface area contributed by atoms with Gasteiger partial charge in [0.2, 0.25) is 0 Å². The third-order valence-electron chi connectivity index (χ3n) is 3.25. The van der Waals surface area contributed by atoms with Crippen LogP contribution in [0.2, 0.25) is 0 Å². The second-order valence-corrected chi connectivity index (χ2v) is 4.84. The van der Waals surface area contributed by atoms with Gasteiger partial charge in [-0.2, -0.15) is 5.10 Å². The van der Waals surface area contributed by atoms with Crippen LogP contribution in [0.3, 0.4) is 0 Å². The molecule has 0 bridgehead atoms. The second-order valence-electron chi connectivity index (χ2n) is 4.84. The van der Waals surface area contributed by atoms with Gasteiger partial charge in [-0.25, -0.2) is 0 Å². The number of nitrogens with zero attached hydrogens (tertiary/aromatic N) is 2. The molecule has 1 saturated heterocycles. The van der Waals surface area contributed by atoms with Crippen LogP contribution >= 0.6 is 0 Å². The van der Waals surface area contributed by atoms with Gasteiger partial charge in [-0.3, -0.25) is 4.68 Å². The average molecular weight is 207 g/mol. The molecule has 1 fully saturated rings. The molecule has 0 aromatic carbocycles. The summed E-state index contributed by atoms with van der Waals surface area (Å²) in [5.74, 6) is 1.45. The fraction of sp³-hybridized carbons (Fsp3) is 0.750. The van der Waals surface area contributed by atoms with Crippen molar-refractivity contribution in [2.45, 2.75) is 39.2 Å². The quantitative estimate of drug-likeness (QED) is 0.818. The molecule has 0 radical (unpaired) electrons. The number of hydrogen-bond donors (Lipinski definition) is 1. The summed E-state index contributed by atoms with van der Waals surface area (Å²) in [5.41, 5.74) is 1.35. The Labute approximate surface area is 91.9 Å². The van der Waals surface area contributed by atoms with Gasteiger partial charge in [-0.15, -0.1) is 0 Å². The normalized spacial score (nSPS) is 21.4. The van der Waals surface area contributed by atoms with E-state index in [4.69, 9.17) is 0 Å². The Balaban J connectivity index is 1.82. The van der Waals surface area contributed by atoms with Gasteiger partial charge < -0.3 is 5.32 Å². The fourth-order valence-electron chi connectivity index (χ4n) is 2.08. The Hall–Kier alpha value is -0.830. The van der Waals surface area contributed by atoms with Crippen molar-refractivity contribution in [2.24, 2.45) is 5.92 Å². The summed E-state index contributed by atoms with van der Waals surface area (Å²) in [4.78, 5) is 0. The molecule has 0 saturated carbocycles. The Kier molecular flexibility index (Phi) is 3.41. The lowest BCUT2D eigenvalue weighted by Gasteiger charge is -2.07. The first-order chi connectivity index (χ1) is 7.25. The van der Waals surface area contributed by atoms with Gasteiger partial charge in [0.1, 0.15) is 0 Å². The number of hydrogen-bond acceptors (Lipinski definition) is 2. The van der Waals surface area contributed by atoms with Crippen LogP contribution in [0, 0.1) is 5.92 Å². The molecular formula is C12H21N3. The zero-order valence-electron chi connectivity index (χ0n) is 9.74. The zero-order valence-corrected chi connectivity index (χ0v) is 9.74. The number of aromatic nitrogens is 2. The molecule has 3 heteroatoms. The van der Waals surface area contributed by atoms with E-state index < -0.39 is 0 Å². The highest BCUT2D eigenvalue weighted by atomic mass is 15.3. The van der Waals surface area contributed by atoms with Crippen molar-refractivity contribution in [3.8, 4) is 0 Å². The molecule has 1 aliphatic heterocycles. The molecule has 84 valence electrons. The predicted octanol–water partition coefficient (Wildman–Crippen LogP) is 2.01. The van der Waals surface area contributed by atoms with Crippen molar-refractivity contribution < 1.29 is 0 Å². The average Bonchev–Trinajstić information content (AvgIpc) is 2.86. The molecule has 1 unspecified atom stereocenters. The molecular weight excluding hydrogens is 186 g/mol. The Morgan fingerprint density at radius 3 is 3.07 bits per heavy atom. The summed E-state index contributed by atoms with van der Waals surface area (Å²) >= 11 is 0. The van der Waals surface area contributed by atoms with Gasteiger partial charge >= 0.3 is 0 Å². The third kappa shape index (κ3) is 2.81. The smallest absolute Gasteiger partial charge is 0.0524 e. The molecule has 1 atom stereocenters. The van der Waals surface area contributed by atoms with Crippen molar-refractivity contribution in [3.05, 3.63) is 18.0 Å². The molecule has 1 N–H and O–H groups in total. The van der Waals surface area contributed by atoms with Gasteiger partial charge in [0.25, 0.3) is 0 Å². The second kappa shape index (κ2) is 4.79. The van der Waals surface area contributed by atoms with Crippen LogP contribution in [-0.4, -0.2) is 22.9 Å². The maximum atomic E-state index is 4.39. The minimum absolute atomic E-state index is 0.590. The summed E-state index contributed by atoms with van der Waals surface area (Å²) in [6.45, 7) is 7.88. The molecule has 2 heterocycles. The predicted molar refractivity (Wildman–Crippen MR) is 61.9 cm³/mol. The number of aryl methyl sites for hydroxylation is 1. The largest absolute Gasteiger partial charge is 0.316 e. The van der Waals surface area contributed by atoms with E-state index >= 15 is 0 Å². The van der Waals surface area contributed by atoms with E-state index in [1.807, 2.05) is 6.20 Å². The molecule has 2 rings (SSSR count). The topological polar surface area (TPSA) is 29.9 Å². The van der Waals surface area contributed by atoms with Crippen LogP contribution < -0.4 is 5.32 Å². The van der Waals surface area contributed by atoms with E-state index in [1.54, 1.807) is 0 Å². The summed E-state index contributed by atoms with van der Waals surface area (Å²) in [6, 6.07) is 0. The summed E-state index contributed by atoms with van der Waals surface area (Å²) in [5, 5.41) is 7.80. The monoisotopic (exact) mass is 207 g/mol. The van der Waals surface area contributed by atoms with Crippen molar-refractivity contribution in [3.63, 3.8) is 0 Å². The van der Waals surface area contributed by atoms with Gasteiger partial charge in [0, 0.05) is 12.7 Å². The Bertz CT molecular complexity index is 298. The summed E-state index contributed by atoms with van der Waals surface area (Å²) < 4.78 is 2.09. The molecule has 0 aliphatic carbocycles. The minimum Gasteiger partial charge on any atom is -0.316 e. The van der Waals surface area contributed by atoms with E-state index in [0.717, 1.165) is 12.5 Å². The van der Waals surface area contributed by atoms with E-state index in [-0.39, 0.29) is 0 Å². The molecule has 3 nitrogen and oxygen atoms in total. The van der Waals surface area contributed by atoms with E-state index in [1.165, 1.54) is 31.5 Å². The summed E-state index contributed by atoms with van der Waals surface area (Å²) in [7, 11) is 0. The minimum atomic E-state index is 0.590. The molecule has 0 amide bonds. The highest BCUT2D eigenvalue weighted by molar-refractivity contribution is 5.08. The van der Waals surface area contributed by atoms with Gasteiger partial charge in [-0.05, 0) is 43.3 Å². The van der Waals surface area contributed by atoms with E-state index in [0.29, 0.717) is 5.92 Å². The van der Waals surface area contributed by atoms with Crippen LogP contribution in [0.5, 0.6) is 0 Å². The number of rotatable bonds is 4. The van der Waals surface area contributed by atoms with Crippen molar-refractivity contribution in [1.82, 2.24) is 15.1 Å². The van der Waals surface area contributed by atoms with E-state index in [9.17, 15) is 0 Å². The van der Waals surface area contributed by atoms with Crippen LogP contribution in [0.15, 0.2) is 12.4 Å². The first-order valence-corrected chi connectivity index (χ1v) is 5.99. The van der Waals surface area contributed by atoms with Gasteiger partial charge in [0.05, 0.1) is 6.20 Å². The van der Waals surface area contributed by atoms with Gasteiger partial charge in [0.15, 0.2) is 0 Å². The maximum absolute atomic E-state index is 4.39. The number of nitrogens with one attached hydrogen (secondary N) is 1. The lowest BCUT2D eigenvalue weighted by Crippen LogP contribution is -2.11. The van der Waals surface area contributed by atoms with Crippen LogP contribution in [0.1, 0.15) is 38.2 Å². The van der Waals surface area contributed by atoms with Crippen molar-refractivity contribution >= 4 is 0 Å². The molecule has 0 spiro atoms. The SMILES string of the molecule is CC(C)c1cnn(CCC2CCNC2)c1. The van der Waals surface area contributed by atoms with Crippen LogP contribution in [-0.2, 0) is 6.54 Å². The lowest BCUT2D eigenvalue weighted by molar-refractivity contribution is 0.458. The Morgan fingerprint density at radius 2 is 2.47 bits per heavy atom. The molecule has 1 aliphatic rings. The van der Waals surface area contributed by atoms with Crippen molar-refractivity contribution in [2.75, 3.05) is 13.1 Å². The highest BCUT2D eigenvalue weighted by Gasteiger charge is 2.14. The van der Waals surface area contributed by atoms with Gasteiger partial charge in [-0.1, -0.05) is 13.8 Å². The van der Waals surface area contributed by atoms with Crippen LogP contribution in [0.4, 0.5) is 0 Å². The van der Waals surface area contributed by atoms with Crippen molar-refractivity contribution in [1.29, 1.82) is 0 Å². The third-order valence-corrected chi connectivity index (χ3v) is 3.25. The lowest BCUT2D eigenvalue weighted by atomic mass is 10.1. The Morgan fingerprint density at radius 1 is 1.60 bits per heavy atom. The summed E-state index contributed by atoms with van der Waals surface area (Å²) in [6.07, 6.45) is 6.77. The first-order valence-electron chi connectivity index (χ1n) is 5.99. The van der Waals surface area contributed by atoms with Crippen LogP contribution in [0.25, 0.3) is 0 Å². The van der Waals surface area contributed by atoms with E-state index in [2.05, 4.69) is 35.1 Å².